The number of allylic oxidation sites excluding steroid dienone is 2. The Morgan fingerprint density at radius 2 is 1.71 bits per heavy atom. The molecule has 4 heteroatoms. The van der Waals surface area contributed by atoms with E-state index in [2.05, 4.69) is 29.8 Å². The van der Waals surface area contributed by atoms with Crippen LogP contribution in [0.1, 0.15) is 54.1 Å². The number of halogens is 1. The van der Waals surface area contributed by atoms with E-state index in [1.165, 1.54) is 0 Å². The largest absolute Gasteiger partial charge is 0.294 e. The normalized spacial score (nSPS) is 25.2. The van der Waals surface area contributed by atoms with Crippen LogP contribution >= 0.6 is 15.9 Å². The summed E-state index contributed by atoms with van der Waals surface area (Å²) in [7, 11) is 0. The highest BCUT2D eigenvalue weighted by Gasteiger charge is 2.50. The number of nitrogens with zero attached hydrogens (tertiary/aromatic N) is 1. The summed E-state index contributed by atoms with van der Waals surface area (Å²) in [6.45, 7) is 4.23. The first kappa shape index (κ1) is 17.7. The van der Waals surface area contributed by atoms with Crippen LogP contribution < -0.4 is 0 Å². The smallest absolute Gasteiger partial charge is 0.173 e. The third kappa shape index (κ3) is 2.58. The van der Waals surface area contributed by atoms with Crippen LogP contribution in [0.2, 0.25) is 0 Å². The van der Waals surface area contributed by atoms with Crippen molar-refractivity contribution in [3.8, 4) is 0 Å². The highest BCUT2D eigenvalue weighted by atomic mass is 79.9. The zero-order valence-corrected chi connectivity index (χ0v) is 17.4. The zero-order chi connectivity index (χ0) is 19.6. The van der Waals surface area contributed by atoms with Gasteiger partial charge in [0.2, 0.25) is 0 Å². The van der Waals surface area contributed by atoms with E-state index < -0.39 is 5.92 Å². The lowest BCUT2D eigenvalue weighted by atomic mass is 9.66. The molecule has 1 aliphatic heterocycles. The lowest BCUT2D eigenvalue weighted by Crippen LogP contribution is -2.37. The van der Waals surface area contributed by atoms with Crippen LogP contribution in [-0.4, -0.2) is 17.3 Å². The molecule has 28 heavy (non-hydrogen) atoms. The van der Waals surface area contributed by atoms with E-state index in [4.69, 9.17) is 4.99 Å². The van der Waals surface area contributed by atoms with Gasteiger partial charge in [-0.25, -0.2) is 0 Å². The summed E-state index contributed by atoms with van der Waals surface area (Å²) in [4.78, 5) is 31.6. The maximum atomic E-state index is 13.4. The van der Waals surface area contributed by atoms with Crippen molar-refractivity contribution in [3.05, 3.63) is 81.0 Å². The van der Waals surface area contributed by atoms with Gasteiger partial charge in [0, 0.05) is 39.2 Å². The zero-order valence-electron chi connectivity index (χ0n) is 15.8. The van der Waals surface area contributed by atoms with Crippen LogP contribution in [0, 0.1) is 11.3 Å². The Morgan fingerprint density at radius 3 is 2.46 bits per heavy atom. The molecule has 0 radical (unpaired) electrons. The first-order chi connectivity index (χ1) is 13.4. The molecule has 1 heterocycles. The molecule has 2 aromatic rings. The van der Waals surface area contributed by atoms with Gasteiger partial charge >= 0.3 is 0 Å². The van der Waals surface area contributed by atoms with Crippen LogP contribution in [0.25, 0.3) is 0 Å². The molecule has 0 amide bonds. The molecule has 0 spiro atoms. The van der Waals surface area contributed by atoms with E-state index >= 15 is 0 Å². The molecule has 0 bridgehead atoms. The summed E-state index contributed by atoms with van der Waals surface area (Å²) >= 11 is 3.55. The monoisotopic (exact) mass is 433 g/mol. The predicted molar refractivity (Wildman–Crippen MR) is 113 cm³/mol. The van der Waals surface area contributed by atoms with Crippen LogP contribution in [-0.2, 0) is 4.79 Å². The van der Waals surface area contributed by atoms with E-state index in [9.17, 15) is 9.59 Å². The third-order valence-corrected chi connectivity index (χ3v) is 6.54. The number of Topliss-reactive ketones (excluding diaryl/α,β-unsaturated/α-hetero) is 2. The Labute approximate surface area is 172 Å². The number of rotatable bonds is 1. The van der Waals surface area contributed by atoms with Gasteiger partial charge in [0.05, 0.1) is 11.6 Å². The number of hydrogen-bond donors (Lipinski definition) is 0. The lowest BCUT2D eigenvalue weighted by molar-refractivity contribution is -0.118. The van der Waals surface area contributed by atoms with Gasteiger partial charge in [0.1, 0.15) is 0 Å². The highest BCUT2D eigenvalue weighted by Crippen LogP contribution is 2.51. The van der Waals surface area contributed by atoms with Gasteiger partial charge in [-0.2, -0.15) is 0 Å². The van der Waals surface area contributed by atoms with Crippen molar-refractivity contribution in [1.82, 2.24) is 0 Å². The van der Waals surface area contributed by atoms with E-state index in [1.54, 1.807) is 0 Å². The number of benzene rings is 2. The van der Waals surface area contributed by atoms with E-state index in [1.807, 2.05) is 48.5 Å². The average molecular weight is 434 g/mol. The van der Waals surface area contributed by atoms with Crippen molar-refractivity contribution in [2.24, 2.45) is 16.3 Å². The third-order valence-electron chi connectivity index (χ3n) is 6.05. The first-order valence-corrected chi connectivity index (χ1v) is 10.4. The van der Waals surface area contributed by atoms with E-state index in [-0.39, 0.29) is 22.9 Å². The van der Waals surface area contributed by atoms with Crippen molar-refractivity contribution in [3.63, 3.8) is 0 Å². The molecular formula is C24H20BrNO2. The van der Waals surface area contributed by atoms with Gasteiger partial charge in [-0.05, 0) is 29.5 Å². The van der Waals surface area contributed by atoms with Gasteiger partial charge in [-0.15, -0.1) is 0 Å². The number of carbonyl (C=O) groups is 2. The Kier molecular flexibility index (Phi) is 3.86. The second kappa shape index (κ2) is 6.08. The molecule has 2 atom stereocenters. The fourth-order valence-corrected chi connectivity index (χ4v) is 5.36. The summed E-state index contributed by atoms with van der Waals surface area (Å²) in [6.07, 6.45) is 1.25. The predicted octanol–water partition coefficient (Wildman–Crippen LogP) is 5.49. The first-order valence-electron chi connectivity index (χ1n) is 9.60. The molecule has 0 saturated carbocycles. The molecule has 0 aromatic heterocycles. The van der Waals surface area contributed by atoms with E-state index in [0.29, 0.717) is 6.42 Å². The maximum absolute atomic E-state index is 13.4. The number of carbonyl (C=O) groups excluding carboxylic acids is 2. The van der Waals surface area contributed by atoms with Gasteiger partial charge in [0.15, 0.2) is 11.6 Å². The number of hydrogen-bond acceptors (Lipinski definition) is 3. The molecule has 0 unspecified atom stereocenters. The highest BCUT2D eigenvalue weighted by molar-refractivity contribution is 9.10. The van der Waals surface area contributed by atoms with Crippen molar-refractivity contribution in [2.75, 3.05) is 0 Å². The number of aliphatic imine (C=N–C) groups is 1. The summed E-state index contributed by atoms with van der Waals surface area (Å²) < 4.78 is 0.947. The molecule has 3 aliphatic rings. The minimum absolute atomic E-state index is 0.0727. The minimum atomic E-state index is -0.421. The molecule has 5 rings (SSSR count). The molecule has 140 valence electrons. The van der Waals surface area contributed by atoms with Gasteiger partial charge in [0.25, 0.3) is 0 Å². The Morgan fingerprint density at radius 1 is 0.964 bits per heavy atom. The fourth-order valence-electron chi connectivity index (χ4n) is 4.95. The Bertz CT molecular complexity index is 1110. The molecule has 2 aliphatic carbocycles. The second-order valence-electron chi connectivity index (χ2n) is 8.72. The summed E-state index contributed by atoms with van der Waals surface area (Å²) in [6, 6.07) is 15.7. The van der Waals surface area contributed by atoms with Gasteiger partial charge < -0.3 is 0 Å². The van der Waals surface area contributed by atoms with Crippen LogP contribution in [0.5, 0.6) is 0 Å². The van der Waals surface area contributed by atoms with Crippen molar-refractivity contribution >= 4 is 33.2 Å². The molecule has 0 N–H and O–H groups in total. The van der Waals surface area contributed by atoms with Crippen LogP contribution in [0.4, 0.5) is 0 Å². The van der Waals surface area contributed by atoms with Gasteiger partial charge in [-0.1, -0.05) is 66.2 Å². The number of ketones is 2. The second-order valence-corrected chi connectivity index (χ2v) is 9.63. The Hall–Kier alpha value is -2.33. The maximum Gasteiger partial charge on any atom is 0.173 e. The fraction of sp³-hybridized carbons (Fsp3) is 0.292. The topological polar surface area (TPSA) is 46.5 Å². The molecule has 0 fully saturated rings. The van der Waals surface area contributed by atoms with Crippen molar-refractivity contribution in [1.29, 1.82) is 0 Å². The van der Waals surface area contributed by atoms with E-state index in [0.717, 1.165) is 44.6 Å². The molecule has 3 nitrogen and oxygen atoms in total. The van der Waals surface area contributed by atoms with Crippen molar-refractivity contribution < 1.29 is 9.59 Å². The summed E-state index contributed by atoms with van der Waals surface area (Å²) in [5.41, 5.74) is 4.95. The SMILES string of the molecule is CC1(C)CC(=O)C2=C(C1)N=C1c3ccccc3C(=O)[C@@H]1[C@H]2c1cccc(Br)c1. The van der Waals surface area contributed by atoms with Gasteiger partial charge in [-0.3, -0.25) is 14.6 Å². The number of fused-ring (bicyclic) bond motifs is 3. The van der Waals surface area contributed by atoms with Crippen LogP contribution in [0.3, 0.4) is 0 Å². The standard InChI is InChI=1S/C24H20BrNO2/c1-24(2)11-17-20(18(27)12-24)19(13-6-5-7-14(25)10-13)21-22(26-17)15-8-3-4-9-16(15)23(21)28/h3-10,19,21H,11-12H2,1-2H3/t19-,21+/m0/s1. The average Bonchev–Trinajstić information content (AvgIpc) is 2.92. The molecule has 2 aromatic carbocycles. The Balaban J connectivity index is 1.78. The summed E-state index contributed by atoms with van der Waals surface area (Å²) in [5, 5.41) is 0. The molecular weight excluding hydrogens is 414 g/mol. The minimum Gasteiger partial charge on any atom is -0.294 e. The summed E-state index contributed by atoms with van der Waals surface area (Å²) in [5.74, 6) is -0.495. The molecule has 0 saturated heterocycles. The quantitative estimate of drug-likeness (QED) is 0.596. The lowest BCUT2D eigenvalue weighted by Gasteiger charge is -2.38. The van der Waals surface area contributed by atoms with Crippen LogP contribution in [0.15, 0.2) is 69.3 Å². The van der Waals surface area contributed by atoms with Crippen molar-refractivity contribution in [2.45, 2.75) is 32.6 Å².